The van der Waals surface area contributed by atoms with Crippen LogP contribution in [0.15, 0.2) is 60.7 Å². The molecule has 0 aromatic heterocycles. The maximum Gasteiger partial charge on any atom is 0.410 e. The molecule has 2 aromatic rings. The summed E-state index contributed by atoms with van der Waals surface area (Å²) in [7, 11) is 0. The van der Waals surface area contributed by atoms with Crippen LogP contribution in [0.2, 0.25) is 0 Å². The highest BCUT2D eigenvalue weighted by atomic mass is 16.6. The predicted octanol–water partition coefficient (Wildman–Crippen LogP) is 3.53. The van der Waals surface area contributed by atoms with Crippen molar-refractivity contribution in [3.8, 4) is 0 Å². The van der Waals surface area contributed by atoms with Crippen molar-refractivity contribution in [3.05, 3.63) is 71.8 Å². The number of fused-ring (bicyclic) bond motifs is 1. The largest absolute Gasteiger partial charge is 0.445 e. The molecule has 2 aliphatic heterocycles. The lowest BCUT2D eigenvalue weighted by Crippen LogP contribution is -2.37. The van der Waals surface area contributed by atoms with Crippen molar-refractivity contribution < 1.29 is 9.53 Å². The van der Waals surface area contributed by atoms with Crippen molar-refractivity contribution in [1.82, 2.24) is 9.80 Å². The second-order valence-electron chi connectivity index (χ2n) is 7.02. The van der Waals surface area contributed by atoms with Gasteiger partial charge in [0.1, 0.15) is 6.61 Å². The molecule has 130 valence electrons. The monoisotopic (exact) mass is 336 g/mol. The fraction of sp³-hybridized carbons (Fsp3) is 0.381. The first kappa shape index (κ1) is 16.2. The zero-order valence-corrected chi connectivity index (χ0v) is 14.4. The third-order valence-electron chi connectivity index (χ3n) is 5.35. The molecule has 25 heavy (non-hydrogen) atoms. The van der Waals surface area contributed by atoms with Crippen LogP contribution in [-0.4, -0.2) is 41.6 Å². The summed E-state index contributed by atoms with van der Waals surface area (Å²) in [5.41, 5.74) is 2.37. The number of benzene rings is 2. The Morgan fingerprint density at radius 3 is 2.36 bits per heavy atom. The Morgan fingerprint density at radius 1 is 0.960 bits per heavy atom. The predicted molar refractivity (Wildman–Crippen MR) is 96.9 cm³/mol. The van der Waals surface area contributed by atoms with Gasteiger partial charge in [-0.1, -0.05) is 60.7 Å². The Balaban J connectivity index is 1.32. The van der Waals surface area contributed by atoms with Crippen LogP contribution in [0, 0.1) is 5.92 Å². The Morgan fingerprint density at radius 2 is 1.64 bits per heavy atom. The number of hydrogen-bond donors (Lipinski definition) is 0. The minimum atomic E-state index is -0.182. The first-order chi connectivity index (χ1) is 12.3. The van der Waals surface area contributed by atoms with E-state index in [2.05, 4.69) is 35.2 Å². The van der Waals surface area contributed by atoms with Gasteiger partial charge in [-0.3, -0.25) is 4.90 Å². The van der Waals surface area contributed by atoms with E-state index in [0.717, 1.165) is 31.7 Å². The van der Waals surface area contributed by atoms with Gasteiger partial charge in [-0.15, -0.1) is 0 Å². The quantitative estimate of drug-likeness (QED) is 0.856. The Bertz CT molecular complexity index is 704. The summed E-state index contributed by atoms with van der Waals surface area (Å²) in [4.78, 5) is 16.8. The van der Waals surface area contributed by atoms with Crippen molar-refractivity contribution >= 4 is 6.09 Å². The van der Waals surface area contributed by atoms with Gasteiger partial charge < -0.3 is 9.64 Å². The molecule has 2 aliphatic rings. The first-order valence-corrected chi connectivity index (χ1v) is 9.03. The molecule has 4 nitrogen and oxygen atoms in total. The highest BCUT2D eigenvalue weighted by Gasteiger charge is 2.43. The number of likely N-dealkylation sites (tertiary alicyclic amines) is 2. The van der Waals surface area contributed by atoms with Crippen LogP contribution in [0.25, 0.3) is 0 Å². The SMILES string of the molecule is O=C(OCc1ccccc1)N1C[C@@H]2CCN(Cc3ccccc3)[C@H]2C1. The molecule has 0 saturated carbocycles. The molecule has 2 aromatic carbocycles. The van der Waals surface area contributed by atoms with Gasteiger partial charge in [0.2, 0.25) is 0 Å². The van der Waals surface area contributed by atoms with E-state index in [9.17, 15) is 4.79 Å². The van der Waals surface area contributed by atoms with Crippen LogP contribution in [0.3, 0.4) is 0 Å². The molecule has 2 atom stereocenters. The number of carbonyl (C=O) groups is 1. The second-order valence-corrected chi connectivity index (χ2v) is 7.02. The fourth-order valence-corrected chi connectivity index (χ4v) is 4.02. The van der Waals surface area contributed by atoms with E-state index in [1.54, 1.807) is 0 Å². The van der Waals surface area contributed by atoms with Crippen LogP contribution in [0.4, 0.5) is 4.79 Å². The van der Waals surface area contributed by atoms with Gasteiger partial charge in [-0.05, 0) is 30.0 Å². The highest BCUT2D eigenvalue weighted by molar-refractivity contribution is 5.68. The van der Waals surface area contributed by atoms with Crippen molar-refractivity contribution in [2.45, 2.75) is 25.6 Å². The Hall–Kier alpha value is -2.33. The molecular weight excluding hydrogens is 312 g/mol. The standard InChI is InChI=1S/C21H24N2O2/c24-21(25-16-18-9-5-2-6-10-18)23-14-19-11-12-22(20(19)15-23)13-17-7-3-1-4-8-17/h1-10,19-20H,11-16H2/t19-,20-/m0/s1. The second kappa shape index (κ2) is 7.28. The molecule has 2 heterocycles. The average Bonchev–Trinajstić information content (AvgIpc) is 3.24. The van der Waals surface area contributed by atoms with Gasteiger partial charge in [0.25, 0.3) is 0 Å². The molecule has 0 aliphatic carbocycles. The van der Waals surface area contributed by atoms with Crippen LogP contribution in [0.5, 0.6) is 0 Å². The third kappa shape index (κ3) is 3.69. The first-order valence-electron chi connectivity index (χ1n) is 9.03. The lowest BCUT2D eigenvalue weighted by molar-refractivity contribution is 0.0988. The van der Waals surface area contributed by atoms with Gasteiger partial charge in [0, 0.05) is 25.7 Å². The van der Waals surface area contributed by atoms with E-state index in [4.69, 9.17) is 4.74 Å². The molecule has 4 rings (SSSR count). The Labute approximate surface area is 149 Å². The summed E-state index contributed by atoms with van der Waals surface area (Å²) in [5, 5.41) is 0. The normalized spacial score (nSPS) is 22.8. The van der Waals surface area contributed by atoms with E-state index >= 15 is 0 Å². The summed E-state index contributed by atoms with van der Waals surface area (Å²) in [6.07, 6.45) is 0.984. The van der Waals surface area contributed by atoms with Crippen LogP contribution < -0.4 is 0 Å². The molecule has 0 unspecified atom stereocenters. The number of ether oxygens (including phenoxy) is 1. The maximum atomic E-state index is 12.4. The fourth-order valence-electron chi connectivity index (χ4n) is 4.02. The van der Waals surface area contributed by atoms with E-state index in [1.807, 2.05) is 35.2 Å². The highest BCUT2D eigenvalue weighted by Crippen LogP contribution is 2.32. The van der Waals surface area contributed by atoms with Gasteiger partial charge in [0.05, 0.1) is 0 Å². The summed E-state index contributed by atoms with van der Waals surface area (Å²) in [6, 6.07) is 20.9. The van der Waals surface area contributed by atoms with Crippen LogP contribution in [0.1, 0.15) is 17.5 Å². The van der Waals surface area contributed by atoms with E-state index < -0.39 is 0 Å². The van der Waals surface area contributed by atoms with Crippen LogP contribution in [-0.2, 0) is 17.9 Å². The maximum absolute atomic E-state index is 12.4. The molecule has 0 radical (unpaired) electrons. The van der Waals surface area contributed by atoms with E-state index in [-0.39, 0.29) is 6.09 Å². The lowest BCUT2D eigenvalue weighted by atomic mass is 10.0. The van der Waals surface area contributed by atoms with Gasteiger partial charge >= 0.3 is 6.09 Å². The zero-order chi connectivity index (χ0) is 17.1. The molecule has 0 spiro atoms. The van der Waals surface area contributed by atoms with E-state index in [0.29, 0.717) is 18.6 Å². The summed E-state index contributed by atoms with van der Waals surface area (Å²) in [5.74, 6) is 0.577. The Kier molecular flexibility index (Phi) is 4.70. The third-order valence-corrected chi connectivity index (χ3v) is 5.35. The van der Waals surface area contributed by atoms with Gasteiger partial charge in [0.15, 0.2) is 0 Å². The molecule has 4 heteroatoms. The molecule has 0 N–H and O–H groups in total. The summed E-state index contributed by atoms with van der Waals surface area (Å²) < 4.78 is 5.50. The lowest BCUT2D eigenvalue weighted by Gasteiger charge is -2.24. The minimum Gasteiger partial charge on any atom is -0.445 e. The number of rotatable bonds is 4. The van der Waals surface area contributed by atoms with Gasteiger partial charge in [-0.2, -0.15) is 0 Å². The number of nitrogens with zero attached hydrogens (tertiary/aromatic N) is 2. The molecule has 2 saturated heterocycles. The molecule has 1 amide bonds. The molecule has 2 fully saturated rings. The van der Waals surface area contributed by atoms with Crippen molar-refractivity contribution in [2.24, 2.45) is 5.92 Å². The topological polar surface area (TPSA) is 32.8 Å². The van der Waals surface area contributed by atoms with Crippen molar-refractivity contribution in [2.75, 3.05) is 19.6 Å². The summed E-state index contributed by atoms with van der Waals surface area (Å²) in [6.45, 7) is 4.04. The average molecular weight is 336 g/mol. The number of carbonyl (C=O) groups excluding carboxylic acids is 1. The van der Waals surface area contributed by atoms with Crippen molar-refractivity contribution in [1.29, 1.82) is 0 Å². The number of amides is 1. The molecular formula is C21H24N2O2. The number of hydrogen-bond acceptors (Lipinski definition) is 3. The van der Waals surface area contributed by atoms with Gasteiger partial charge in [-0.25, -0.2) is 4.79 Å². The minimum absolute atomic E-state index is 0.182. The van der Waals surface area contributed by atoms with Crippen LogP contribution >= 0.6 is 0 Å². The zero-order valence-electron chi connectivity index (χ0n) is 14.4. The smallest absolute Gasteiger partial charge is 0.410 e. The van der Waals surface area contributed by atoms with E-state index in [1.165, 1.54) is 12.0 Å². The van der Waals surface area contributed by atoms with Crippen molar-refractivity contribution in [3.63, 3.8) is 0 Å². The molecule has 0 bridgehead atoms. The summed E-state index contributed by atoms with van der Waals surface area (Å²) >= 11 is 0.